The summed E-state index contributed by atoms with van der Waals surface area (Å²) in [4.78, 5) is 22.0. The number of hydrogen-bond acceptors (Lipinski definition) is 6. The number of likely N-dealkylation sites (N-methyl/N-ethyl adjacent to an activating group) is 1. The summed E-state index contributed by atoms with van der Waals surface area (Å²) in [6, 6.07) is 0. The molecule has 0 bridgehead atoms. The van der Waals surface area contributed by atoms with Crippen LogP contribution in [0.15, 0.2) is 17.3 Å². The Morgan fingerprint density at radius 3 is 2.74 bits per heavy atom. The summed E-state index contributed by atoms with van der Waals surface area (Å²) in [5, 5.41) is 4.27. The van der Waals surface area contributed by atoms with Crippen molar-refractivity contribution in [3.05, 3.63) is 12.2 Å². The molecule has 1 aliphatic rings. The molecule has 2 unspecified atom stereocenters. The van der Waals surface area contributed by atoms with E-state index in [0.717, 1.165) is 11.4 Å². The number of quaternary nitrogens is 1. The van der Waals surface area contributed by atoms with E-state index >= 15 is 0 Å². The van der Waals surface area contributed by atoms with Crippen molar-refractivity contribution < 1.29 is 23.5 Å². The van der Waals surface area contributed by atoms with Crippen molar-refractivity contribution in [1.82, 2.24) is 0 Å². The number of carbonyl (C=O) groups excluding carboxylic acids is 1. The number of nitrogens with zero attached hydrogens (tertiary/aromatic N) is 2. The Morgan fingerprint density at radius 2 is 2.21 bits per heavy atom. The van der Waals surface area contributed by atoms with E-state index in [4.69, 9.17) is 21.1 Å². The molecule has 1 heterocycles. The van der Waals surface area contributed by atoms with Crippen LogP contribution in [-0.2, 0) is 25.9 Å². The number of hydrogen-bond donors (Lipinski definition) is 1. The Morgan fingerprint density at radius 1 is 1.53 bits per heavy atom. The Balaban J connectivity index is 2.87. The van der Waals surface area contributed by atoms with Crippen LogP contribution in [0.25, 0.3) is 0 Å². The Hall–Kier alpha value is -0.240. The predicted octanol–water partition coefficient (Wildman–Crippen LogP) is 1.82. The first kappa shape index (κ1) is 16.8. The van der Waals surface area contributed by atoms with E-state index in [2.05, 4.69) is 5.10 Å². The van der Waals surface area contributed by atoms with E-state index in [9.17, 15) is 9.69 Å². The smallest absolute Gasteiger partial charge is 0.365 e. The van der Waals surface area contributed by atoms with E-state index < -0.39 is 5.69 Å². The summed E-state index contributed by atoms with van der Waals surface area (Å²) < 4.78 is 9.99. The topological polar surface area (TPSA) is 68.1 Å². The molecule has 0 aromatic rings. The van der Waals surface area contributed by atoms with Crippen LogP contribution >= 0.6 is 17.1 Å². The molecule has 0 fully saturated rings. The van der Waals surface area contributed by atoms with E-state index in [1.54, 1.807) is 6.92 Å². The van der Waals surface area contributed by atoms with Crippen LogP contribution < -0.4 is 0 Å². The molecular formula is C10H18N2O4PS2+. The lowest BCUT2D eigenvalue weighted by Gasteiger charge is -2.29. The molecule has 2 atom stereocenters. The molecule has 6 nitrogen and oxygen atoms in total. The molecule has 9 heteroatoms. The largest absolute Gasteiger partial charge is 0.478 e. The molecule has 108 valence electrons. The minimum Gasteiger partial charge on any atom is -0.478 e. The third-order valence-electron chi connectivity index (χ3n) is 2.53. The van der Waals surface area contributed by atoms with Crippen molar-refractivity contribution in [2.24, 2.45) is 5.10 Å². The first-order valence-electron chi connectivity index (χ1n) is 5.75. The fourth-order valence-electron chi connectivity index (χ4n) is 1.44. The van der Waals surface area contributed by atoms with Gasteiger partial charge in [0.25, 0.3) is 5.90 Å². The second kappa shape index (κ2) is 6.97. The van der Waals surface area contributed by atoms with Crippen LogP contribution in [0.5, 0.6) is 0 Å². The highest BCUT2D eigenvalue weighted by Gasteiger charge is 2.39. The van der Waals surface area contributed by atoms with Gasteiger partial charge in [-0.2, -0.15) is 0 Å². The first-order chi connectivity index (χ1) is 8.89. The van der Waals surface area contributed by atoms with Crippen LogP contribution in [0.4, 0.5) is 0 Å². The molecule has 0 radical (unpaired) electrons. The van der Waals surface area contributed by atoms with Crippen molar-refractivity contribution in [3.63, 3.8) is 0 Å². The monoisotopic (exact) mass is 325 g/mol. The number of ether oxygens (including phenoxy) is 1. The summed E-state index contributed by atoms with van der Waals surface area (Å²) in [5.74, 6) is 0.437. The summed E-state index contributed by atoms with van der Waals surface area (Å²) in [5.41, 5.74) is -2.92. The SMILES string of the molecule is CCOP(O)(=S)SC[N+]1(CC)N=C(OC)C=CC1=O. The predicted molar refractivity (Wildman–Crippen MR) is 80.0 cm³/mol. The van der Waals surface area contributed by atoms with Crippen molar-refractivity contribution >= 4 is 40.7 Å². The highest BCUT2D eigenvalue weighted by Crippen LogP contribution is 2.56. The molecule has 1 amide bonds. The Kier molecular flexibility index (Phi) is 6.16. The zero-order valence-corrected chi connectivity index (χ0v) is 13.6. The maximum absolute atomic E-state index is 12.0. The van der Waals surface area contributed by atoms with Gasteiger partial charge in [-0.1, -0.05) is 0 Å². The second-order valence-corrected chi connectivity index (χ2v) is 9.85. The van der Waals surface area contributed by atoms with Crippen molar-refractivity contribution in [3.8, 4) is 0 Å². The zero-order chi connectivity index (χ0) is 14.5. The lowest BCUT2D eigenvalue weighted by Crippen LogP contribution is -2.49. The highest BCUT2D eigenvalue weighted by atomic mass is 32.9. The molecular weight excluding hydrogens is 307 g/mol. The van der Waals surface area contributed by atoms with Crippen LogP contribution in [0.1, 0.15) is 13.8 Å². The maximum Gasteiger partial charge on any atom is 0.365 e. The fraction of sp³-hybridized carbons (Fsp3) is 0.600. The summed E-state index contributed by atoms with van der Waals surface area (Å²) in [7, 11) is 1.49. The van der Waals surface area contributed by atoms with Crippen LogP contribution in [0.3, 0.4) is 0 Å². The lowest BCUT2D eigenvalue weighted by molar-refractivity contribution is -0.844. The molecule has 1 aliphatic heterocycles. The average Bonchev–Trinajstić information content (AvgIpc) is 2.38. The Bertz CT molecular complexity index is 455. The minimum absolute atomic E-state index is 0.165. The van der Waals surface area contributed by atoms with Gasteiger partial charge in [0.2, 0.25) is 5.69 Å². The lowest BCUT2D eigenvalue weighted by atomic mass is 10.3. The molecule has 1 rings (SSSR count). The number of amides is 1. The highest BCUT2D eigenvalue weighted by molar-refractivity contribution is 8.67. The van der Waals surface area contributed by atoms with E-state index in [-0.39, 0.29) is 16.4 Å². The zero-order valence-electron chi connectivity index (χ0n) is 11.1. The standard InChI is InChI=1S/C10H17N2O4PS2/c1-4-12(8-19-17(14,18)16-5-2)10(13)7-6-9(11-12)15-3/h6-7H,4-5,8H2,1-3H3/p+1. The Labute approximate surface area is 122 Å². The van der Waals surface area contributed by atoms with Crippen LogP contribution in [0.2, 0.25) is 0 Å². The number of rotatable bonds is 6. The third kappa shape index (κ3) is 4.37. The van der Waals surface area contributed by atoms with Gasteiger partial charge in [-0.3, -0.25) is 0 Å². The minimum atomic E-state index is -2.92. The van der Waals surface area contributed by atoms with E-state index in [1.807, 2.05) is 6.92 Å². The van der Waals surface area contributed by atoms with Gasteiger partial charge in [-0.05, 0) is 42.1 Å². The van der Waals surface area contributed by atoms with Gasteiger partial charge in [0, 0.05) is 6.08 Å². The van der Waals surface area contributed by atoms with Gasteiger partial charge in [0.15, 0.2) is 5.88 Å². The summed E-state index contributed by atoms with van der Waals surface area (Å²) >= 11 is 6.06. The van der Waals surface area contributed by atoms with E-state index in [0.29, 0.717) is 19.0 Å². The van der Waals surface area contributed by atoms with Crippen molar-refractivity contribution in [1.29, 1.82) is 0 Å². The normalized spacial score (nSPS) is 25.9. The van der Waals surface area contributed by atoms with Gasteiger partial charge < -0.3 is 14.2 Å². The van der Waals surface area contributed by atoms with Gasteiger partial charge in [-0.25, -0.2) is 4.79 Å². The van der Waals surface area contributed by atoms with Gasteiger partial charge in [0.1, 0.15) is 6.54 Å². The molecule has 19 heavy (non-hydrogen) atoms. The molecule has 0 saturated carbocycles. The molecule has 0 aromatic heterocycles. The third-order valence-corrected chi connectivity index (χ3v) is 6.89. The van der Waals surface area contributed by atoms with E-state index in [1.165, 1.54) is 19.3 Å². The summed E-state index contributed by atoms with van der Waals surface area (Å²) in [6.07, 6.45) is 2.95. The molecule has 0 aliphatic carbocycles. The fourth-order valence-corrected chi connectivity index (χ4v) is 4.84. The van der Waals surface area contributed by atoms with Gasteiger partial charge >= 0.3 is 5.91 Å². The number of methoxy groups -OCH3 is 1. The second-order valence-electron chi connectivity index (χ2n) is 3.70. The molecule has 0 aromatic carbocycles. The number of carbonyl (C=O) groups is 1. The van der Waals surface area contributed by atoms with Crippen LogP contribution in [-0.4, -0.2) is 47.4 Å². The molecule has 1 N–H and O–H groups in total. The summed E-state index contributed by atoms with van der Waals surface area (Å²) in [6.45, 7) is 4.39. The van der Waals surface area contributed by atoms with Crippen molar-refractivity contribution in [2.45, 2.75) is 13.8 Å². The van der Waals surface area contributed by atoms with Gasteiger partial charge in [0.05, 0.1) is 19.8 Å². The molecule has 0 saturated heterocycles. The van der Waals surface area contributed by atoms with Crippen molar-refractivity contribution in [2.75, 3.05) is 26.1 Å². The maximum atomic E-state index is 12.0. The average molecular weight is 325 g/mol. The van der Waals surface area contributed by atoms with Crippen LogP contribution in [0, 0.1) is 0 Å². The molecule has 0 spiro atoms. The first-order valence-corrected chi connectivity index (χ1v) is 10.0. The van der Waals surface area contributed by atoms with Gasteiger partial charge in [-0.15, -0.1) is 4.59 Å². The quantitative estimate of drug-likeness (QED) is 0.593.